The van der Waals surface area contributed by atoms with Crippen molar-refractivity contribution in [2.24, 2.45) is 0 Å². The summed E-state index contributed by atoms with van der Waals surface area (Å²) < 4.78 is 6.89. The third-order valence-electron chi connectivity index (χ3n) is 3.90. The lowest BCUT2D eigenvalue weighted by Crippen LogP contribution is -2.21. The number of aryl methyl sites for hydroxylation is 1. The molecular weight excluding hydrogens is 266 g/mol. The first kappa shape index (κ1) is 14.2. The van der Waals surface area contributed by atoms with Crippen LogP contribution in [0.4, 0.5) is 0 Å². The van der Waals surface area contributed by atoms with E-state index in [-0.39, 0.29) is 0 Å². The number of hydrogen-bond donors (Lipinski definition) is 1. The maximum atomic E-state index is 5.03. The Morgan fingerprint density at radius 2 is 2.19 bits per heavy atom. The molecule has 0 saturated carbocycles. The summed E-state index contributed by atoms with van der Waals surface area (Å²) in [5, 5.41) is 15.4. The van der Waals surface area contributed by atoms with E-state index in [4.69, 9.17) is 4.74 Å². The van der Waals surface area contributed by atoms with Crippen LogP contribution in [0.25, 0.3) is 5.69 Å². The van der Waals surface area contributed by atoms with Crippen molar-refractivity contribution in [3.05, 3.63) is 35.2 Å². The minimum absolute atomic E-state index is 0.639. The number of benzene rings is 1. The second-order valence-electron chi connectivity index (χ2n) is 5.30. The maximum absolute atomic E-state index is 5.03. The van der Waals surface area contributed by atoms with Crippen LogP contribution in [0, 0.1) is 0 Å². The molecule has 6 nitrogen and oxygen atoms in total. The van der Waals surface area contributed by atoms with Crippen LogP contribution in [-0.4, -0.2) is 40.5 Å². The van der Waals surface area contributed by atoms with Crippen LogP contribution in [0.3, 0.4) is 0 Å². The lowest BCUT2D eigenvalue weighted by atomic mass is 9.90. The van der Waals surface area contributed by atoms with E-state index >= 15 is 0 Å². The predicted octanol–water partition coefficient (Wildman–Crippen LogP) is 1.28. The first-order chi connectivity index (χ1) is 10.4. The van der Waals surface area contributed by atoms with Gasteiger partial charge >= 0.3 is 0 Å². The van der Waals surface area contributed by atoms with Crippen molar-refractivity contribution in [1.82, 2.24) is 25.5 Å². The van der Waals surface area contributed by atoms with Crippen molar-refractivity contribution >= 4 is 0 Å². The summed E-state index contributed by atoms with van der Waals surface area (Å²) in [4.78, 5) is 0. The van der Waals surface area contributed by atoms with Gasteiger partial charge in [-0.1, -0.05) is 12.1 Å². The first-order valence-corrected chi connectivity index (χ1v) is 7.48. The van der Waals surface area contributed by atoms with Gasteiger partial charge in [0.25, 0.3) is 0 Å². The molecule has 0 spiro atoms. The molecule has 0 unspecified atom stereocenters. The third kappa shape index (κ3) is 3.11. The number of methoxy groups -OCH3 is 1. The standard InChI is InChI=1S/C15H21N5O/c1-21-10-9-16-11-15-17-18-19-20(15)14-8-4-6-12-5-2-3-7-13(12)14/h4,6,8,16H,2-3,5,7,9-11H2,1H3. The molecule has 0 radical (unpaired) electrons. The quantitative estimate of drug-likeness (QED) is 0.811. The number of hydrogen-bond acceptors (Lipinski definition) is 5. The van der Waals surface area contributed by atoms with Gasteiger partial charge in [-0.25, -0.2) is 0 Å². The summed E-state index contributed by atoms with van der Waals surface area (Å²) in [6.07, 6.45) is 4.79. The lowest BCUT2D eigenvalue weighted by Gasteiger charge is -2.19. The molecule has 3 rings (SSSR count). The molecule has 0 amide bonds. The van der Waals surface area contributed by atoms with Gasteiger partial charge in [0.15, 0.2) is 5.82 Å². The zero-order valence-electron chi connectivity index (χ0n) is 12.4. The van der Waals surface area contributed by atoms with Crippen LogP contribution in [0.2, 0.25) is 0 Å². The second-order valence-corrected chi connectivity index (χ2v) is 5.30. The highest BCUT2D eigenvalue weighted by Crippen LogP contribution is 2.26. The fourth-order valence-corrected chi connectivity index (χ4v) is 2.84. The Kier molecular flexibility index (Phi) is 4.57. The fraction of sp³-hybridized carbons (Fsp3) is 0.533. The van der Waals surface area contributed by atoms with E-state index < -0.39 is 0 Å². The van der Waals surface area contributed by atoms with Crippen molar-refractivity contribution in [3.8, 4) is 5.69 Å². The Labute approximate surface area is 124 Å². The number of fused-ring (bicyclic) bond motifs is 1. The van der Waals surface area contributed by atoms with E-state index in [1.807, 2.05) is 4.68 Å². The summed E-state index contributed by atoms with van der Waals surface area (Å²) in [6.45, 7) is 2.11. The SMILES string of the molecule is COCCNCc1nnnn1-c1cccc2c1CCCC2. The van der Waals surface area contributed by atoms with Crippen LogP contribution < -0.4 is 5.32 Å². The van der Waals surface area contributed by atoms with Gasteiger partial charge in [0.2, 0.25) is 0 Å². The molecule has 1 aliphatic carbocycles. The Hall–Kier alpha value is -1.79. The van der Waals surface area contributed by atoms with Gasteiger partial charge in [-0.15, -0.1) is 5.10 Å². The number of ether oxygens (including phenoxy) is 1. The van der Waals surface area contributed by atoms with E-state index in [0.29, 0.717) is 13.2 Å². The molecule has 1 N–H and O–H groups in total. The van der Waals surface area contributed by atoms with Crippen LogP contribution in [0.15, 0.2) is 18.2 Å². The van der Waals surface area contributed by atoms with Crippen molar-refractivity contribution in [1.29, 1.82) is 0 Å². The monoisotopic (exact) mass is 287 g/mol. The average molecular weight is 287 g/mol. The van der Waals surface area contributed by atoms with Crippen LogP contribution >= 0.6 is 0 Å². The molecule has 21 heavy (non-hydrogen) atoms. The van der Waals surface area contributed by atoms with E-state index in [1.165, 1.54) is 24.0 Å². The average Bonchev–Trinajstić information content (AvgIpc) is 2.99. The molecule has 0 atom stereocenters. The zero-order valence-corrected chi connectivity index (χ0v) is 12.4. The molecule has 0 saturated heterocycles. The van der Waals surface area contributed by atoms with Crippen LogP contribution in [0.1, 0.15) is 29.8 Å². The minimum atomic E-state index is 0.639. The van der Waals surface area contributed by atoms with Crippen molar-refractivity contribution in [3.63, 3.8) is 0 Å². The molecule has 0 bridgehead atoms. The second kappa shape index (κ2) is 6.78. The predicted molar refractivity (Wildman–Crippen MR) is 79.4 cm³/mol. The fourth-order valence-electron chi connectivity index (χ4n) is 2.84. The summed E-state index contributed by atoms with van der Waals surface area (Å²) in [5.41, 5.74) is 3.96. The van der Waals surface area contributed by atoms with E-state index in [0.717, 1.165) is 30.9 Å². The van der Waals surface area contributed by atoms with Gasteiger partial charge in [-0.3, -0.25) is 0 Å². The van der Waals surface area contributed by atoms with E-state index in [2.05, 4.69) is 39.0 Å². The normalized spacial score (nSPS) is 14.1. The van der Waals surface area contributed by atoms with Gasteiger partial charge in [0.05, 0.1) is 18.8 Å². The molecule has 2 aromatic rings. The number of rotatable bonds is 6. The number of nitrogens with zero attached hydrogens (tertiary/aromatic N) is 4. The highest BCUT2D eigenvalue weighted by molar-refractivity contribution is 5.47. The number of tetrazole rings is 1. The van der Waals surface area contributed by atoms with Crippen molar-refractivity contribution in [2.75, 3.05) is 20.3 Å². The molecule has 1 aromatic heterocycles. The van der Waals surface area contributed by atoms with Gasteiger partial charge in [0.1, 0.15) is 0 Å². The van der Waals surface area contributed by atoms with E-state index in [1.54, 1.807) is 7.11 Å². The Morgan fingerprint density at radius 3 is 3.10 bits per heavy atom. The molecule has 1 aromatic carbocycles. The molecule has 0 aliphatic heterocycles. The summed E-state index contributed by atoms with van der Waals surface area (Å²) in [6, 6.07) is 6.43. The Bertz CT molecular complexity index is 595. The molecule has 6 heteroatoms. The minimum Gasteiger partial charge on any atom is -0.383 e. The lowest BCUT2D eigenvalue weighted by molar-refractivity contribution is 0.199. The molecule has 0 fully saturated rings. The molecule has 112 valence electrons. The summed E-state index contributed by atoms with van der Waals surface area (Å²) in [5.74, 6) is 0.838. The molecule has 1 heterocycles. The van der Waals surface area contributed by atoms with Crippen molar-refractivity contribution < 1.29 is 4.74 Å². The van der Waals surface area contributed by atoms with Crippen LogP contribution in [0.5, 0.6) is 0 Å². The van der Waals surface area contributed by atoms with Gasteiger partial charge in [-0.05, 0) is 53.3 Å². The Morgan fingerprint density at radius 1 is 1.29 bits per heavy atom. The largest absolute Gasteiger partial charge is 0.383 e. The topological polar surface area (TPSA) is 64.9 Å². The van der Waals surface area contributed by atoms with Gasteiger partial charge in [-0.2, -0.15) is 4.68 Å². The summed E-state index contributed by atoms with van der Waals surface area (Å²) >= 11 is 0. The third-order valence-corrected chi connectivity index (χ3v) is 3.90. The number of aromatic nitrogens is 4. The zero-order chi connectivity index (χ0) is 14.5. The molecular formula is C15H21N5O. The highest BCUT2D eigenvalue weighted by Gasteiger charge is 2.17. The van der Waals surface area contributed by atoms with Crippen molar-refractivity contribution in [2.45, 2.75) is 32.2 Å². The summed E-state index contributed by atoms with van der Waals surface area (Å²) in [7, 11) is 1.70. The van der Waals surface area contributed by atoms with E-state index in [9.17, 15) is 0 Å². The van der Waals surface area contributed by atoms with Gasteiger partial charge < -0.3 is 10.1 Å². The highest BCUT2D eigenvalue weighted by atomic mass is 16.5. The maximum Gasteiger partial charge on any atom is 0.170 e. The van der Waals surface area contributed by atoms with Crippen LogP contribution in [-0.2, 0) is 24.1 Å². The van der Waals surface area contributed by atoms with Gasteiger partial charge in [0, 0.05) is 13.7 Å². The Balaban J connectivity index is 1.83. The first-order valence-electron chi connectivity index (χ1n) is 7.48. The molecule has 1 aliphatic rings. The number of nitrogens with one attached hydrogen (secondary N) is 1. The smallest absolute Gasteiger partial charge is 0.170 e.